The smallest absolute Gasteiger partial charge is 0.152 e. The molecular weight excluding hydrogens is 228 g/mol. The first-order valence-electron chi connectivity index (χ1n) is 6.18. The molecule has 0 aromatic carbocycles. The van der Waals surface area contributed by atoms with Crippen LogP contribution in [0.3, 0.4) is 0 Å². The van der Waals surface area contributed by atoms with Gasteiger partial charge in [0, 0.05) is 18.3 Å². The highest BCUT2D eigenvalue weighted by Gasteiger charge is 2.04. The van der Waals surface area contributed by atoms with Crippen LogP contribution in [0.5, 0.6) is 0 Å². The van der Waals surface area contributed by atoms with Crippen molar-refractivity contribution < 1.29 is 0 Å². The number of hydrogen-bond donors (Lipinski definition) is 1. The van der Waals surface area contributed by atoms with Gasteiger partial charge in [0.25, 0.3) is 0 Å². The lowest BCUT2D eigenvalue weighted by Gasteiger charge is -2.08. The standard InChI is InChI=1S/C12H18N6/c1-4-10-6-11(16-9(3)15-10)13-7-12-17-14-8-18(12)5-2/h6,8H,4-5,7H2,1-3H3,(H,13,15,16). The molecule has 2 heterocycles. The molecule has 0 unspecified atom stereocenters. The van der Waals surface area contributed by atoms with Gasteiger partial charge in [-0.15, -0.1) is 10.2 Å². The zero-order chi connectivity index (χ0) is 13.0. The van der Waals surface area contributed by atoms with E-state index in [1.54, 1.807) is 6.33 Å². The van der Waals surface area contributed by atoms with E-state index in [0.29, 0.717) is 6.54 Å². The average molecular weight is 246 g/mol. The van der Waals surface area contributed by atoms with Crippen molar-refractivity contribution in [2.24, 2.45) is 0 Å². The summed E-state index contributed by atoms with van der Waals surface area (Å²) in [6.07, 6.45) is 2.64. The molecule has 0 spiro atoms. The van der Waals surface area contributed by atoms with Crippen molar-refractivity contribution in [1.82, 2.24) is 24.7 Å². The van der Waals surface area contributed by atoms with E-state index in [1.165, 1.54) is 0 Å². The van der Waals surface area contributed by atoms with E-state index in [9.17, 15) is 0 Å². The van der Waals surface area contributed by atoms with Crippen LogP contribution in [0.15, 0.2) is 12.4 Å². The first kappa shape index (κ1) is 12.5. The molecule has 96 valence electrons. The maximum Gasteiger partial charge on any atom is 0.152 e. The second-order valence-electron chi connectivity index (χ2n) is 4.03. The van der Waals surface area contributed by atoms with Gasteiger partial charge in [-0.3, -0.25) is 0 Å². The van der Waals surface area contributed by atoms with Gasteiger partial charge in [0.05, 0.1) is 6.54 Å². The lowest BCUT2D eigenvalue weighted by Crippen LogP contribution is -2.09. The van der Waals surface area contributed by atoms with Crippen molar-refractivity contribution in [3.63, 3.8) is 0 Å². The fourth-order valence-electron chi connectivity index (χ4n) is 1.75. The summed E-state index contributed by atoms with van der Waals surface area (Å²) in [7, 11) is 0. The predicted molar refractivity (Wildman–Crippen MR) is 69.2 cm³/mol. The normalized spacial score (nSPS) is 10.6. The van der Waals surface area contributed by atoms with Gasteiger partial charge in [-0.05, 0) is 20.3 Å². The minimum atomic E-state index is 0.618. The molecule has 6 heteroatoms. The number of rotatable bonds is 5. The minimum Gasteiger partial charge on any atom is -0.363 e. The summed E-state index contributed by atoms with van der Waals surface area (Å²) in [5, 5.41) is 11.2. The molecule has 0 fully saturated rings. The van der Waals surface area contributed by atoms with Crippen LogP contribution in [0.2, 0.25) is 0 Å². The molecule has 2 aromatic rings. The molecule has 2 rings (SSSR count). The summed E-state index contributed by atoms with van der Waals surface area (Å²) < 4.78 is 2.00. The maximum atomic E-state index is 4.36. The highest BCUT2D eigenvalue weighted by atomic mass is 15.3. The van der Waals surface area contributed by atoms with Gasteiger partial charge in [0.15, 0.2) is 5.82 Å². The SMILES string of the molecule is CCc1cc(NCc2nncn2CC)nc(C)n1. The fraction of sp³-hybridized carbons (Fsp3) is 0.500. The molecule has 0 amide bonds. The number of aryl methyl sites for hydroxylation is 3. The Morgan fingerprint density at radius 2 is 2.11 bits per heavy atom. The highest BCUT2D eigenvalue weighted by Crippen LogP contribution is 2.08. The van der Waals surface area contributed by atoms with Crippen molar-refractivity contribution in [3.8, 4) is 0 Å². The van der Waals surface area contributed by atoms with Gasteiger partial charge in [-0.2, -0.15) is 0 Å². The first-order chi connectivity index (χ1) is 8.72. The summed E-state index contributed by atoms with van der Waals surface area (Å²) in [6, 6.07) is 1.97. The molecule has 0 saturated heterocycles. The second-order valence-corrected chi connectivity index (χ2v) is 4.03. The molecule has 1 N–H and O–H groups in total. The molecule has 0 radical (unpaired) electrons. The Kier molecular flexibility index (Phi) is 3.86. The summed E-state index contributed by atoms with van der Waals surface area (Å²) >= 11 is 0. The summed E-state index contributed by atoms with van der Waals surface area (Å²) in [4.78, 5) is 8.70. The number of aromatic nitrogens is 5. The molecule has 0 aliphatic carbocycles. The van der Waals surface area contributed by atoms with Gasteiger partial charge in [0.1, 0.15) is 18.0 Å². The Labute approximate surface area is 106 Å². The predicted octanol–water partition coefficient (Wildman–Crippen LogP) is 1.57. The second kappa shape index (κ2) is 5.57. The van der Waals surface area contributed by atoms with Crippen molar-refractivity contribution in [2.75, 3.05) is 5.32 Å². The summed E-state index contributed by atoms with van der Waals surface area (Å²) in [5.41, 5.74) is 1.04. The van der Waals surface area contributed by atoms with Crippen LogP contribution in [-0.4, -0.2) is 24.7 Å². The zero-order valence-corrected chi connectivity index (χ0v) is 11.0. The van der Waals surface area contributed by atoms with Gasteiger partial charge >= 0.3 is 0 Å². The van der Waals surface area contributed by atoms with Crippen LogP contribution < -0.4 is 5.32 Å². The Bertz CT molecular complexity index is 519. The lowest BCUT2D eigenvalue weighted by molar-refractivity contribution is 0.707. The van der Waals surface area contributed by atoms with E-state index in [4.69, 9.17) is 0 Å². The Hall–Kier alpha value is -1.98. The molecule has 0 aliphatic heterocycles. The number of hydrogen-bond acceptors (Lipinski definition) is 5. The van der Waals surface area contributed by atoms with Crippen LogP contribution in [0, 0.1) is 6.92 Å². The third-order valence-electron chi connectivity index (χ3n) is 2.72. The van der Waals surface area contributed by atoms with Crippen LogP contribution in [0.1, 0.15) is 31.2 Å². The topological polar surface area (TPSA) is 68.5 Å². The molecule has 18 heavy (non-hydrogen) atoms. The lowest BCUT2D eigenvalue weighted by atomic mass is 10.3. The molecule has 0 aliphatic rings. The van der Waals surface area contributed by atoms with Gasteiger partial charge < -0.3 is 9.88 Å². The first-order valence-corrected chi connectivity index (χ1v) is 6.18. The average Bonchev–Trinajstić information content (AvgIpc) is 2.83. The van der Waals surface area contributed by atoms with Crippen LogP contribution in [-0.2, 0) is 19.5 Å². The van der Waals surface area contributed by atoms with Crippen molar-refractivity contribution in [2.45, 2.75) is 40.3 Å². The van der Waals surface area contributed by atoms with Gasteiger partial charge in [-0.1, -0.05) is 6.92 Å². The maximum absolute atomic E-state index is 4.36. The van der Waals surface area contributed by atoms with Crippen molar-refractivity contribution >= 4 is 5.82 Å². The molecule has 0 saturated carbocycles. The van der Waals surface area contributed by atoms with E-state index in [-0.39, 0.29) is 0 Å². The van der Waals surface area contributed by atoms with Crippen molar-refractivity contribution in [1.29, 1.82) is 0 Å². The van der Waals surface area contributed by atoms with E-state index >= 15 is 0 Å². The number of nitrogens with zero attached hydrogens (tertiary/aromatic N) is 5. The zero-order valence-electron chi connectivity index (χ0n) is 11.0. The third kappa shape index (κ3) is 2.82. The summed E-state index contributed by atoms with van der Waals surface area (Å²) in [6.45, 7) is 7.54. The monoisotopic (exact) mass is 246 g/mol. The molecule has 6 nitrogen and oxygen atoms in total. The number of nitrogens with one attached hydrogen (secondary N) is 1. The number of anilines is 1. The molecule has 2 aromatic heterocycles. The van der Waals surface area contributed by atoms with E-state index in [1.807, 2.05) is 17.6 Å². The van der Waals surface area contributed by atoms with E-state index in [0.717, 1.165) is 36.1 Å². The fourth-order valence-corrected chi connectivity index (χ4v) is 1.75. The van der Waals surface area contributed by atoms with Crippen LogP contribution >= 0.6 is 0 Å². The van der Waals surface area contributed by atoms with E-state index in [2.05, 4.69) is 39.3 Å². The largest absolute Gasteiger partial charge is 0.363 e. The minimum absolute atomic E-state index is 0.618. The van der Waals surface area contributed by atoms with Crippen molar-refractivity contribution in [3.05, 3.63) is 29.7 Å². The van der Waals surface area contributed by atoms with E-state index < -0.39 is 0 Å². The summed E-state index contributed by atoms with van der Waals surface area (Å²) in [5.74, 6) is 2.53. The van der Waals surface area contributed by atoms with Gasteiger partial charge in [0.2, 0.25) is 0 Å². The Morgan fingerprint density at radius 3 is 2.83 bits per heavy atom. The highest BCUT2D eigenvalue weighted by molar-refractivity contribution is 5.36. The molecule has 0 atom stereocenters. The molecular formula is C12H18N6. The Morgan fingerprint density at radius 1 is 1.28 bits per heavy atom. The van der Waals surface area contributed by atoms with Gasteiger partial charge in [-0.25, -0.2) is 9.97 Å². The Balaban J connectivity index is 2.08. The third-order valence-corrected chi connectivity index (χ3v) is 2.72. The van der Waals surface area contributed by atoms with Crippen LogP contribution in [0.25, 0.3) is 0 Å². The van der Waals surface area contributed by atoms with Crippen LogP contribution in [0.4, 0.5) is 5.82 Å². The molecule has 0 bridgehead atoms. The quantitative estimate of drug-likeness (QED) is 0.867.